The highest BCUT2D eigenvalue weighted by Gasteiger charge is 2.44. The largest absolute Gasteiger partial charge is 0.488 e. The lowest BCUT2D eigenvalue weighted by Crippen LogP contribution is -2.33. The number of aliphatic hydroxyl groups excluding tert-OH is 1. The van der Waals surface area contributed by atoms with Gasteiger partial charge in [0, 0.05) is 12.6 Å². The molecule has 0 amide bonds. The number of aliphatic hydroxyl groups is 1. The van der Waals surface area contributed by atoms with Crippen molar-refractivity contribution in [1.29, 1.82) is 0 Å². The van der Waals surface area contributed by atoms with E-state index in [0.717, 1.165) is 30.3 Å². The molecule has 308 valence electrons. The predicted octanol–water partition coefficient (Wildman–Crippen LogP) is 8.01. The zero-order chi connectivity index (χ0) is 39.2. The molecule has 1 aromatic rings. The van der Waals surface area contributed by atoms with Crippen molar-refractivity contribution < 1.29 is 51.0 Å². The predicted molar refractivity (Wildman–Crippen MR) is 208 cm³/mol. The van der Waals surface area contributed by atoms with E-state index in [1.807, 2.05) is 0 Å². The molecule has 0 bridgehead atoms. The van der Waals surface area contributed by atoms with E-state index < -0.39 is 59.5 Å². The number of phosphoric ester groups is 1. The first kappa shape index (κ1) is 48.4. The maximum absolute atomic E-state index is 13.5. The summed E-state index contributed by atoms with van der Waals surface area (Å²) in [5, 5.41) is 10.5. The van der Waals surface area contributed by atoms with E-state index in [1.165, 1.54) is 81.5 Å². The number of hydrogen-bond donors (Lipinski definition) is 5. The van der Waals surface area contributed by atoms with Gasteiger partial charge in [0.25, 0.3) is 5.56 Å². The van der Waals surface area contributed by atoms with Gasteiger partial charge in [-0.15, -0.1) is 0 Å². The molecule has 0 spiro atoms. The van der Waals surface area contributed by atoms with Crippen LogP contribution in [0.5, 0.6) is 0 Å². The van der Waals surface area contributed by atoms with Gasteiger partial charge in [0.2, 0.25) is 0 Å². The van der Waals surface area contributed by atoms with E-state index in [2.05, 4.69) is 32.1 Å². The minimum atomic E-state index is -5.49. The third-order valence-electron chi connectivity index (χ3n) is 8.76. The number of ether oxygens (including phenoxy) is 1. The highest BCUT2D eigenvalue weighted by atomic mass is 79.9. The first-order valence-electron chi connectivity index (χ1n) is 18.9. The molecule has 16 nitrogen and oxygen atoms in total. The average molecular weight is 881 g/mol. The van der Waals surface area contributed by atoms with Crippen molar-refractivity contribution in [3.63, 3.8) is 0 Å². The molecule has 4 unspecified atom stereocenters. The minimum absolute atomic E-state index is 0.0784. The zero-order valence-electron chi connectivity index (χ0n) is 30.9. The van der Waals surface area contributed by atoms with Crippen molar-refractivity contribution in [1.82, 2.24) is 9.55 Å². The van der Waals surface area contributed by atoms with Crippen molar-refractivity contribution in [3.8, 4) is 0 Å². The second-order valence-corrected chi connectivity index (χ2v) is 19.2. The van der Waals surface area contributed by atoms with Crippen LogP contribution in [-0.4, -0.2) is 62.6 Å². The highest BCUT2D eigenvalue weighted by molar-refractivity contribution is 9.11. The Balaban J connectivity index is 1.80. The van der Waals surface area contributed by atoms with E-state index in [9.17, 15) is 38.2 Å². The SMILES string of the molecule is CCCCCCCCCCCCCCCCCCP(=O)(OCCCCN)OP(=O)(O)OP(=O)(O)OC[C@H]1O[C@@H](n2cc(/C=C/Br)c(=O)[nH]c2=O)CC1O. The molecule has 0 aromatic carbocycles. The van der Waals surface area contributed by atoms with Crippen LogP contribution in [0.2, 0.25) is 0 Å². The zero-order valence-corrected chi connectivity index (χ0v) is 35.2. The summed E-state index contributed by atoms with van der Waals surface area (Å²) in [6.45, 7) is 1.71. The fourth-order valence-electron chi connectivity index (χ4n) is 5.86. The lowest BCUT2D eigenvalue weighted by molar-refractivity contribution is -0.0450. The van der Waals surface area contributed by atoms with E-state index >= 15 is 0 Å². The maximum atomic E-state index is 13.5. The van der Waals surface area contributed by atoms with Crippen LogP contribution in [-0.2, 0) is 36.1 Å². The molecule has 2 heterocycles. The van der Waals surface area contributed by atoms with E-state index in [0.29, 0.717) is 32.2 Å². The first-order chi connectivity index (χ1) is 25.2. The monoisotopic (exact) mass is 879 g/mol. The Morgan fingerprint density at radius 2 is 1.43 bits per heavy atom. The molecule has 0 aliphatic carbocycles. The maximum Gasteiger partial charge on any atom is 0.488 e. The van der Waals surface area contributed by atoms with E-state index in [-0.39, 0.29) is 24.8 Å². The third kappa shape index (κ3) is 20.3. The molecule has 20 heteroatoms. The number of aromatic amines is 1. The molecule has 6 atom stereocenters. The summed E-state index contributed by atoms with van der Waals surface area (Å²) in [5.74, 6) is 0. The van der Waals surface area contributed by atoms with Gasteiger partial charge in [0.05, 0.1) is 31.0 Å². The summed E-state index contributed by atoms with van der Waals surface area (Å²) in [6, 6.07) is 0. The summed E-state index contributed by atoms with van der Waals surface area (Å²) in [4.78, 5) is 48.4. The van der Waals surface area contributed by atoms with E-state index in [1.54, 1.807) is 0 Å². The summed E-state index contributed by atoms with van der Waals surface area (Å²) in [7, 11) is -15.1. The molecule has 53 heavy (non-hydrogen) atoms. The quantitative estimate of drug-likeness (QED) is 0.0351. The summed E-state index contributed by atoms with van der Waals surface area (Å²) >= 11 is 3.05. The Morgan fingerprint density at radius 3 is 1.98 bits per heavy atom. The Hall–Kier alpha value is -0.770. The number of nitrogens with two attached hydrogens (primary N) is 1. The molecule has 1 saturated heterocycles. The normalized spacial score (nSPS) is 21.1. The minimum Gasteiger partial charge on any atom is -0.390 e. The molecule has 1 aromatic heterocycles. The van der Waals surface area contributed by atoms with E-state index in [4.69, 9.17) is 23.8 Å². The van der Waals surface area contributed by atoms with Gasteiger partial charge in [0.15, 0.2) is 0 Å². The molecule has 1 aliphatic rings. The van der Waals surface area contributed by atoms with Gasteiger partial charge in [-0.25, -0.2) is 18.2 Å². The smallest absolute Gasteiger partial charge is 0.390 e. The second-order valence-electron chi connectivity index (χ2n) is 13.3. The lowest BCUT2D eigenvalue weighted by atomic mass is 10.0. The third-order valence-corrected chi connectivity index (χ3v) is 14.4. The van der Waals surface area contributed by atoms with Crippen molar-refractivity contribution in [3.05, 3.63) is 37.6 Å². The molecular weight excluding hydrogens is 819 g/mol. The van der Waals surface area contributed by atoms with Crippen LogP contribution < -0.4 is 17.0 Å². The van der Waals surface area contributed by atoms with Gasteiger partial charge in [0.1, 0.15) is 12.3 Å². The van der Waals surface area contributed by atoms with Crippen molar-refractivity contribution in [2.75, 3.05) is 25.9 Å². The highest BCUT2D eigenvalue weighted by Crippen LogP contribution is 2.69. The molecule has 1 aliphatic heterocycles. The van der Waals surface area contributed by atoms with Crippen LogP contribution in [0.4, 0.5) is 0 Å². The molecule has 1 fully saturated rings. The number of aromatic nitrogens is 2. The van der Waals surface area contributed by atoms with Gasteiger partial charge in [-0.05, 0) is 36.9 Å². The van der Waals surface area contributed by atoms with Gasteiger partial charge >= 0.3 is 28.9 Å². The number of nitrogens with one attached hydrogen (secondary N) is 1. The van der Waals surface area contributed by atoms with Gasteiger partial charge < -0.3 is 29.9 Å². The fraction of sp³-hybridized carbons (Fsp3) is 0.818. The van der Waals surface area contributed by atoms with Gasteiger partial charge in [-0.3, -0.25) is 23.4 Å². The number of nitrogens with zero attached hydrogens (tertiary/aromatic N) is 1. The Kier molecular flexibility index (Phi) is 23.9. The molecular formula is C33H61BrN3O13P3. The lowest BCUT2D eigenvalue weighted by Gasteiger charge is -2.23. The van der Waals surface area contributed by atoms with Crippen molar-refractivity contribution in [2.24, 2.45) is 5.73 Å². The van der Waals surface area contributed by atoms with Crippen LogP contribution in [0.15, 0.2) is 20.8 Å². The van der Waals surface area contributed by atoms with Crippen LogP contribution in [0.1, 0.15) is 141 Å². The van der Waals surface area contributed by atoms with Gasteiger partial charge in [-0.1, -0.05) is 119 Å². The summed E-state index contributed by atoms with van der Waals surface area (Å²) < 4.78 is 65.2. The second kappa shape index (κ2) is 26.2. The number of halogens is 1. The number of unbranched alkanes of at least 4 members (excludes halogenated alkanes) is 16. The Labute approximate surface area is 321 Å². The van der Waals surface area contributed by atoms with Crippen LogP contribution in [0.25, 0.3) is 6.08 Å². The summed E-state index contributed by atoms with van der Waals surface area (Å²) in [6.07, 6.45) is 17.7. The molecule has 6 N–H and O–H groups in total. The van der Waals surface area contributed by atoms with Crippen LogP contribution in [0, 0.1) is 0 Å². The Bertz CT molecular complexity index is 1480. The number of rotatable bonds is 31. The summed E-state index contributed by atoms with van der Waals surface area (Å²) in [5.41, 5.74) is 4.16. The fourth-order valence-corrected chi connectivity index (χ4v) is 11.0. The van der Waals surface area contributed by atoms with Crippen molar-refractivity contribution >= 4 is 45.2 Å². The number of hydrogen-bond acceptors (Lipinski definition) is 12. The number of phosphoric acid groups is 2. The topological polar surface area (TPSA) is 239 Å². The van der Waals surface area contributed by atoms with Crippen LogP contribution in [0.3, 0.4) is 0 Å². The number of H-pyrrole nitrogens is 1. The standard InChI is InChI=1S/C33H61BrN3O13P3/c1-2-3-4-5-6-7-8-9-10-11-12-13-14-15-16-19-24-51(41,46-23-18-17-22-35)49-53(44,45)50-52(42,43)47-27-30-29(38)25-31(48-30)37-26-28(20-21-34)32(39)36-33(37)40/h20-21,26,29-31,38H,2-19,22-25,27,35H2,1H3,(H,42,43)(H,44,45)(H,36,39,40)/b21-20+/t29?,30-,31-,51?/m1/s1. The molecule has 0 radical (unpaired) electrons. The average Bonchev–Trinajstić information content (AvgIpc) is 3.46. The molecule has 0 saturated carbocycles. The van der Waals surface area contributed by atoms with Crippen molar-refractivity contribution in [2.45, 2.75) is 147 Å². The first-order valence-corrected chi connectivity index (χ1v) is 24.5. The van der Waals surface area contributed by atoms with Gasteiger partial charge in [-0.2, -0.15) is 4.31 Å². The van der Waals surface area contributed by atoms with Crippen LogP contribution >= 0.6 is 39.2 Å². The Morgan fingerprint density at radius 1 is 0.868 bits per heavy atom. The molecule has 2 rings (SSSR count).